The number of aromatic amines is 1. The van der Waals surface area contributed by atoms with Crippen LogP contribution in [-0.2, 0) is 6.42 Å². The SMILES string of the molecule is N#Cc1c(O)[nH]c2c1C(=Cc1ccccc1O)CCC2. The highest BCUT2D eigenvalue weighted by molar-refractivity contribution is 5.87. The van der Waals surface area contributed by atoms with Gasteiger partial charge in [-0.25, -0.2) is 0 Å². The van der Waals surface area contributed by atoms with Crippen LogP contribution < -0.4 is 0 Å². The molecule has 1 aliphatic carbocycles. The second-order valence-electron chi connectivity index (χ2n) is 4.90. The molecule has 0 spiro atoms. The number of nitriles is 1. The van der Waals surface area contributed by atoms with Crippen LogP contribution >= 0.6 is 0 Å². The second-order valence-corrected chi connectivity index (χ2v) is 4.90. The summed E-state index contributed by atoms with van der Waals surface area (Å²) in [7, 11) is 0. The highest BCUT2D eigenvalue weighted by atomic mass is 16.3. The Kier molecular flexibility index (Phi) is 2.96. The van der Waals surface area contributed by atoms with Gasteiger partial charge in [-0.3, -0.25) is 0 Å². The molecule has 1 heterocycles. The molecule has 0 amide bonds. The number of aryl methyl sites for hydroxylation is 1. The first-order valence-corrected chi connectivity index (χ1v) is 6.53. The van der Waals surface area contributed by atoms with E-state index >= 15 is 0 Å². The normalized spacial score (nSPS) is 15.8. The van der Waals surface area contributed by atoms with Crippen molar-refractivity contribution in [3.05, 3.63) is 46.6 Å². The molecule has 0 fully saturated rings. The predicted octanol–water partition coefficient (Wildman–Crippen LogP) is 3.17. The number of nitrogens with one attached hydrogen (secondary N) is 1. The molecule has 20 heavy (non-hydrogen) atoms. The average Bonchev–Trinajstić information content (AvgIpc) is 2.77. The van der Waals surface area contributed by atoms with Crippen molar-refractivity contribution >= 4 is 11.6 Å². The Labute approximate surface area is 116 Å². The zero-order chi connectivity index (χ0) is 14.1. The Morgan fingerprint density at radius 2 is 2.00 bits per heavy atom. The Hall–Kier alpha value is -2.67. The summed E-state index contributed by atoms with van der Waals surface area (Å²) in [6.07, 6.45) is 4.49. The fourth-order valence-electron chi connectivity index (χ4n) is 2.71. The summed E-state index contributed by atoms with van der Waals surface area (Å²) in [6, 6.07) is 9.14. The van der Waals surface area contributed by atoms with Gasteiger partial charge in [-0.05, 0) is 37.0 Å². The topological polar surface area (TPSA) is 80.0 Å². The Bertz CT molecular complexity index is 735. The predicted molar refractivity (Wildman–Crippen MR) is 76.1 cm³/mol. The zero-order valence-corrected chi connectivity index (χ0v) is 10.8. The number of rotatable bonds is 1. The first-order chi connectivity index (χ1) is 9.70. The number of nitrogens with zero attached hydrogens (tertiary/aromatic N) is 1. The number of phenols is 1. The number of fused-ring (bicyclic) bond motifs is 1. The molecule has 0 unspecified atom stereocenters. The van der Waals surface area contributed by atoms with Crippen LogP contribution in [0, 0.1) is 11.3 Å². The summed E-state index contributed by atoms with van der Waals surface area (Å²) >= 11 is 0. The molecule has 0 atom stereocenters. The van der Waals surface area contributed by atoms with Crippen LogP contribution in [0.5, 0.6) is 11.6 Å². The third kappa shape index (κ3) is 1.94. The van der Waals surface area contributed by atoms with Crippen molar-refractivity contribution in [2.45, 2.75) is 19.3 Å². The third-order valence-electron chi connectivity index (χ3n) is 3.63. The molecule has 1 aromatic carbocycles. The van der Waals surface area contributed by atoms with Crippen molar-refractivity contribution in [1.82, 2.24) is 4.98 Å². The van der Waals surface area contributed by atoms with E-state index in [2.05, 4.69) is 4.98 Å². The summed E-state index contributed by atoms with van der Waals surface area (Å²) < 4.78 is 0. The van der Waals surface area contributed by atoms with Crippen LogP contribution in [0.15, 0.2) is 24.3 Å². The van der Waals surface area contributed by atoms with Gasteiger partial charge < -0.3 is 15.2 Å². The molecule has 1 aliphatic rings. The molecule has 0 bridgehead atoms. The van der Waals surface area contributed by atoms with Gasteiger partial charge in [0.1, 0.15) is 17.4 Å². The van der Waals surface area contributed by atoms with Gasteiger partial charge >= 0.3 is 0 Å². The number of allylic oxidation sites excluding steroid dienone is 1. The first kappa shape index (κ1) is 12.4. The van der Waals surface area contributed by atoms with E-state index in [1.807, 2.05) is 24.3 Å². The molecule has 3 N–H and O–H groups in total. The molecule has 100 valence electrons. The summed E-state index contributed by atoms with van der Waals surface area (Å²) in [4.78, 5) is 2.88. The van der Waals surface area contributed by atoms with E-state index in [0.717, 1.165) is 41.7 Å². The first-order valence-electron chi connectivity index (χ1n) is 6.53. The lowest BCUT2D eigenvalue weighted by molar-refractivity contribution is 0.454. The van der Waals surface area contributed by atoms with Gasteiger partial charge in [0, 0.05) is 16.8 Å². The quantitative estimate of drug-likeness (QED) is 0.741. The lowest BCUT2D eigenvalue weighted by Crippen LogP contribution is -2.01. The van der Waals surface area contributed by atoms with Crippen LogP contribution in [-0.4, -0.2) is 15.2 Å². The summed E-state index contributed by atoms with van der Waals surface area (Å²) in [5, 5.41) is 28.8. The number of para-hydroxylation sites is 1. The number of aromatic nitrogens is 1. The maximum Gasteiger partial charge on any atom is 0.207 e. The Balaban J connectivity index is 2.15. The molecule has 3 rings (SSSR count). The molecule has 2 aromatic rings. The molecule has 4 nitrogen and oxygen atoms in total. The maximum absolute atomic E-state index is 9.85. The molecule has 4 heteroatoms. The smallest absolute Gasteiger partial charge is 0.207 e. The van der Waals surface area contributed by atoms with Crippen molar-refractivity contribution in [3.63, 3.8) is 0 Å². The van der Waals surface area contributed by atoms with E-state index in [0.29, 0.717) is 5.56 Å². The summed E-state index contributed by atoms with van der Waals surface area (Å²) in [5.74, 6) is 0.146. The molecule has 0 radical (unpaired) electrons. The number of aromatic hydroxyl groups is 2. The molecule has 0 saturated heterocycles. The van der Waals surface area contributed by atoms with Crippen molar-refractivity contribution in [1.29, 1.82) is 5.26 Å². The van der Waals surface area contributed by atoms with Crippen LogP contribution in [0.4, 0.5) is 0 Å². The highest BCUT2D eigenvalue weighted by Crippen LogP contribution is 2.38. The maximum atomic E-state index is 9.85. The van der Waals surface area contributed by atoms with Crippen molar-refractivity contribution in [3.8, 4) is 17.7 Å². The minimum absolute atomic E-state index is 0.0671. The minimum Gasteiger partial charge on any atom is -0.507 e. The molecular formula is C16H14N2O2. The van der Waals surface area contributed by atoms with Gasteiger partial charge in [0.05, 0.1) is 0 Å². The van der Waals surface area contributed by atoms with E-state index in [-0.39, 0.29) is 11.6 Å². The fraction of sp³-hybridized carbons (Fsp3) is 0.188. The van der Waals surface area contributed by atoms with Gasteiger partial charge in [0.2, 0.25) is 5.88 Å². The standard InChI is InChI=1S/C16H14N2O2/c17-9-12-15-11(5-3-6-13(15)18-16(12)20)8-10-4-1-2-7-14(10)19/h1-2,4,7-8,18-20H,3,5-6H2. The van der Waals surface area contributed by atoms with Crippen LogP contribution in [0.1, 0.15) is 35.2 Å². The molecular weight excluding hydrogens is 252 g/mol. The largest absolute Gasteiger partial charge is 0.507 e. The molecule has 1 aromatic heterocycles. The van der Waals surface area contributed by atoms with Gasteiger partial charge in [0.25, 0.3) is 0 Å². The minimum atomic E-state index is -0.0671. The Morgan fingerprint density at radius 3 is 2.75 bits per heavy atom. The second kappa shape index (κ2) is 4.78. The van der Waals surface area contributed by atoms with Crippen molar-refractivity contribution in [2.75, 3.05) is 0 Å². The molecule has 0 aliphatic heterocycles. The average molecular weight is 266 g/mol. The summed E-state index contributed by atoms with van der Waals surface area (Å²) in [5.41, 5.74) is 3.67. The third-order valence-corrected chi connectivity index (χ3v) is 3.63. The monoisotopic (exact) mass is 266 g/mol. The number of hydrogen-bond donors (Lipinski definition) is 3. The van der Waals surface area contributed by atoms with Gasteiger partial charge in [0.15, 0.2) is 0 Å². The zero-order valence-electron chi connectivity index (χ0n) is 10.8. The molecule has 0 saturated carbocycles. The highest BCUT2D eigenvalue weighted by Gasteiger charge is 2.23. The number of H-pyrrole nitrogens is 1. The van der Waals surface area contributed by atoms with Crippen LogP contribution in [0.3, 0.4) is 0 Å². The van der Waals surface area contributed by atoms with Crippen LogP contribution in [0.25, 0.3) is 11.6 Å². The number of benzene rings is 1. The summed E-state index contributed by atoms with van der Waals surface area (Å²) in [6.45, 7) is 0. The van der Waals surface area contributed by atoms with E-state index in [1.54, 1.807) is 12.1 Å². The van der Waals surface area contributed by atoms with E-state index < -0.39 is 0 Å². The van der Waals surface area contributed by atoms with Crippen LogP contribution in [0.2, 0.25) is 0 Å². The van der Waals surface area contributed by atoms with Gasteiger partial charge in [-0.1, -0.05) is 18.2 Å². The van der Waals surface area contributed by atoms with Crippen molar-refractivity contribution < 1.29 is 10.2 Å². The lowest BCUT2D eigenvalue weighted by atomic mass is 9.88. The van der Waals surface area contributed by atoms with E-state index in [9.17, 15) is 15.5 Å². The van der Waals surface area contributed by atoms with Gasteiger partial charge in [-0.2, -0.15) is 5.26 Å². The van der Waals surface area contributed by atoms with Gasteiger partial charge in [-0.15, -0.1) is 0 Å². The lowest BCUT2D eigenvalue weighted by Gasteiger charge is -2.15. The van der Waals surface area contributed by atoms with Crippen molar-refractivity contribution in [2.24, 2.45) is 0 Å². The van der Waals surface area contributed by atoms with E-state index in [4.69, 9.17) is 0 Å². The fourth-order valence-corrected chi connectivity index (χ4v) is 2.71. The Morgan fingerprint density at radius 1 is 1.20 bits per heavy atom. The van der Waals surface area contributed by atoms with E-state index in [1.165, 1.54) is 0 Å². The number of phenolic OH excluding ortho intramolecular Hbond substituents is 1. The number of hydrogen-bond acceptors (Lipinski definition) is 3.